The molecule has 1 aromatic rings. The van der Waals surface area contributed by atoms with Crippen LogP contribution in [0.2, 0.25) is 0 Å². The van der Waals surface area contributed by atoms with Gasteiger partial charge in [-0.15, -0.1) is 0 Å². The van der Waals surface area contributed by atoms with Crippen LogP contribution in [0.3, 0.4) is 0 Å². The van der Waals surface area contributed by atoms with Crippen LogP contribution >= 0.6 is 0 Å². The summed E-state index contributed by atoms with van der Waals surface area (Å²) < 4.78 is 10.8. The van der Waals surface area contributed by atoms with Crippen molar-refractivity contribution >= 4 is 41.3 Å². The van der Waals surface area contributed by atoms with Crippen molar-refractivity contribution in [2.75, 3.05) is 38.2 Å². The Kier molecular flexibility index (Phi) is 19.2. The number of nitrogens with two attached hydrogens (primary N) is 2. The van der Waals surface area contributed by atoms with E-state index in [0.717, 1.165) is 6.42 Å². The number of carbonyl (C=O) groups is 6. The highest BCUT2D eigenvalue weighted by Gasteiger charge is 2.28. The summed E-state index contributed by atoms with van der Waals surface area (Å²) in [5, 5.41) is 13.1. The molecule has 6 amide bonds. The Balaban J connectivity index is 3.14. The molecule has 1 aromatic carbocycles. The normalized spacial score (nSPS) is 12.1. The molecule has 9 N–H and O–H groups in total. The van der Waals surface area contributed by atoms with E-state index < -0.39 is 47.7 Å². The van der Waals surface area contributed by atoms with E-state index in [1.165, 1.54) is 12.1 Å². The molecule has 268 valence electrons. The molecule has 0 aliphatic carbocycles. The number of urea groups is 1. The number of benzene rings is 1. The third-order valence-corrected chi connectivity index (χ3v) is 6.87. The highest BCUT2D eigenvalue weighted by molar-refractivity contribution is 6.01. The van der Waals surface area contributed by atoms with Gasteiger partial charge in [-0.3, -0.25) is 24.0 Å². The summed E-state index contributed by atoms with van der Waals surface area (Å²) in [7, 11) is 0. The largest absolute Gasteiger partial charge is 0.461 e. The predicted octanol–water partition coefficient (Wildman–Crippen LogP) is 1.46. The molecule has 0 aromatic heterocycles. The van der Waals surface area contributed by atoms with E-state index in [0.29, 0.717) is 23.7 Å². The van der Waals surface area contributed by atoms with Gasteiger partial charge in [0.25, 0.3) is 5.91 Å². The van der Waals surface area contributed by atoms with Gasteiger partial charge in [-0.1, -0.05) is 40.3 Å². The zero-order valence-electron chi connectivity index (χ0n) is 28.7. The van der Waals surface area contributed by atoms with E-state index in [2.05, 4.69) is 47.0 Å². The van der Waals surface area contributed by atoms with Gasteiger partial charge in [0.2, 0.25) is 17.7 Å². The zero-order valence-corrected chi connectivity index (χ0v) is 28.7. The van der Waals surface area contributed by atoms with E-state index in [1.54, 1.807) is 26.8 Å². The van der Waals surface area contributed by atoms with E-state index in [4.69, 9.17) is 20.9 Å². The lowest BCUT2D eigenvalue weighted by Crippen LogP contribution is -2.53. The summed E-state index contributed by atoms with van der Waals surface area (Å²) in [6.07, 6.45) is 1.25. The molecule has 0 aliphatic heterocycles. The quantitative estimate of drug-likeness (QED) is 0.0535. The van der Waals surface area contributed by atoms with Gasteiger partial charge in [-0.05, 0) is 49.8 Å². The monoisotopic (exact) mass is 675 g/mol. The minimum Gasteiger partial charge on any atom is -0.461 e. The lowest BCUT2D eigenvalue weighted by atomic mass is 10.0. The number of hydrogen-bond acceptors (Lipinski definition) is 9. The Hall–Kier alpha value is -4.50. The fraction of sp³-hybridized carbons (Fsp3) is 0.576. The van der Waals surface area contributed by atoms with Crippen LogP contribution in [-0.4, -0.2) is 80.6 Å². The third kappa shape index (κ3) is 16.4. The van der Waals surface area contributed by atoms with E-state index in [9.17, 15) is 28.8 Å². The van der Waals surface area contributed by atoms with Crippen LogP contribution in [0.1, 0.15) is 76.2 Å². The van der Waals surface area contributed by atoms with Gasteiger partial charge in [0.05, 0.1) is 12.5 Å². The first-order chi connectivity index (χ1) is 22.7. The standard InChI is InChI=1S/C33H53N7O8/c1-20(2)11-16-47-17-12-27(41)40-28(21(3)4)31(44)39-26(8-7-14-37-33(35)46)30(43)38-24-10-9-23(19-48-32(45)22(5)6)25(18-24)29(42)36-15-13-34/h9-10,18,20,22,26,28H,3,7-8,11-17,19,34H2,1-2,4-6H3,(H,36,42)(H,38,43)(H,39,44)(H,40,41)(H3,35,37,46)/t26-,28-/m0/s1. The highest BCUT2D eigenvalue weighted by atomic mass is 16.5. The van der Waals surface area contributed by atoms with Crippen molar-refractivity contribution < 1.29 is 38.2 Å². The molecule has 0 unspecified atom stereocenters. The molecule has 0 spiro atoms. The van der Waals surface area contributed by atoms with Crippen molar-refractivity contribution in [2.45, 2.75) is 79.0 Å². The van der Waals surface area contributed by atoms with Gasteiger partial charge in [0.1, 0.15) is 18.7 Å². The second-order valence-electron chi connectivity index (χ2n) is 12.1. The van der Waals surface area contributed by atoms with Crippen LogP contribution in [0.5, 0.6) is 0 Å². The Morgan fingerprint density at radius 2 is 1.62 bits per heavy atom. The third-order valence-electron chi connectivity index (χ3n) is 6.87. The number of ether oxygens (including phenoxy) is 2. The maximum atomic E-state index is 13.5. The van der Waals surface area contributed by atoms with Crippen molar-refractivity contribution in [1.82, 2.24) is 21.3 Å². The first-order valence-electron chi connectivity index (χ1n) is 16.1. The van der Waals surface area contributed by atoms with Gasteiger partial charge in [0.15, 0.2) is 0 Å². The maximum Gasteiger partial charge on any atom is 0.312 e. The molecule has 15 heteroatoms. The van der Waals surface area contributed by atoms with Crippen LogP contribution in [0.25, 0.3) is 0 Å². The molecule has 2 atom stereocenters. The Bertz CT molecular complexity index is 1270. The van der Waals surface area contributed by atoms with Crippen molar-refractivity contribution in [3.63, 3.8) is 0 Å². The average molecular weight is 676 g/mol. The average Bonchev–Trinajstić information content (AvgIpc) is 3.02. The van der Waals surface area contributed by atoms with E-state index in [1.807, 2.05) is 0 Å². The molecule has 0 saturated heterocycles. The fourth-order valence-electron chi connectivity index (χ4n) is 4.09. The molecular formula is C33H53N7O8. The van der Waals surface area contributed by atoms with Crippen LogP contribution in [0.4, 0.5) is 10.5 Å². The number of esters is 1. The van der Waals surface area contributed by atoms with Gasteiger partial charge >= 0.3 is 12.0 Å². The summed E-state index contributed by atoms with van der Waals surface area (Å²) in [5.41, 5.74) is 11.8. The van der Waals surface area contributed by atoms with Crippen molar-refractivity contribution in [3.8, 4) is 0 Å². The lowest BCUT2D eigenvalue weighted by molar-refractivity contribution is -0.148. The van der Waals surface area contributed by atoms with Crippen molar-refractivity contribution in [2.24, 2.45) is 23.3 Å². The smallest absolute Gasteiger partial charge is 0.312 e. The van der Waals surface area contributed by atoms with Gasteiger partial charge in [0, 0.05) is 49.5 Å². The number of rotatable bonds is 22. The summed E-state index contributed by atoms with van der Waals surface area (Å²) in [6.45, 7) is 14.0. The Morgan fingerprint density at radius 3 is 2.23 bits per heavy atom. The molecule has 0 saturated carbocycles. The minimum absolute atomic E-state index is 0.0334. The Labute approximate surface area is 282 Å². The molecular weight excluding hydrogens is 622 g/mol. The molecule has 0 bridgehead atoms. The molecule has 0 radical (unpaired) electrons. The molecule has 0 fully saturated rings. The number of amides is 6. The number of primary amides is 1. The highest BCUT2D eigenvalue weighted by Crippen LogP contribution is 2.19. The molecule has 1 rings (SSSR count). The number of anilines is 1. The fourth-order valence-corrected chi connectivity index (χ4v) is 4.09. The zero-order chi connectivity index (χ0) is 36.2. The maximum absolute atomic E-state index is 13.5. The summed E-state index contributed by atoms with van der Waals surface area (Å²) in [5.74, 6) is -2.54. The second-order valence-corrected chi connectivity index (χ2v) is 12.1. The second kappa shape index (κ2) is 22.1. The van der Waals surface area contributed by atoms with Gasteiger partial charge in [-0.2, -0.15) is 0 Å². The summed E-state index contributed by atoms with van der Waals surface area (Å²) in [4.78, 5) is 75.6. The van der Waals surface area contributed by atoms with Crippen molar-refractivity contribution in [1.29, 1.82) is 0 Å². The van der Waals surface area contributed by atoms with Crippen LogP contribution in [0, 0.1) is 11.8 Å². The number of hydrogen-bond donors (Lipinski definition) is 7. The van der Waals surface area contributed by atoms with Gasteiger partial charge in [-0.25, -0.2) is 4.79 Å². The van der Waals surface area contributed by atoms with Crippen molar-refractivity contribution in [3.05, 3.63) is 41.5 Å². The van der Waals surface area contributed by atoms with Gasteiger partial charge < -0.3 is 47.5 Å². The van der Waals surface area contributed by atoms with E-state index >= 15 is 0 Å². The summed E-state index contributed by atoms with van der Waals surface area (Å²) >= 11 is 0. The number of carbonyl (C=O) groups excluding carboxylic acids is 6. The topological polar surface area (TPSA) is 233 Å². The first kappa shape index (κ1) is 41.5. The predicted molar refractivity (Wildman–Crippen MR) is 181 cm³/mol. The molecule has 48 heavy (non-hydrogen) atoms. The molecule has 0 heterocycles. The van der Waals surface area contributed by atoms with E-state index in [-0.39, 0.29) is 69.3 Å². The van der Waals surface area contributed by atoms with Crippen LogP contribution in [0.15, 0.2) is 30.4 Å². The SMILES string of the molecule is C=C(C)[C@H](NC(=O)CCOCCC(C)C)C(=O)N[C@@H](CCCNC(N)=O)C(=O)Nc1ccc(COC(=O)C(C)C)c(C(=O)NCCN)c1. The summed E-state index contributed by atoms with van der Waals surface area (Å²) in [6, 6.07) is 1.52. The number of nitrogens with one attached hydrogen (secondary N) is 5. The first-order valence-corrected chi connectivity index (χ1v) is 16.1. The van der Waals surface area contributed by atoms with Crippen LogP contribution in [-0.2, 0) is 35.3 Å². The minimum atomic E-state index is -1.13. The molecule has 15 nitrogen and oxygen atoms in total. The van der Waals surface area contributed by atoms with Crippen LogP contribution < -0.4 is 38.1 Å². The molecule has 0 aliphatic rings. The lowest BCUT2D eigenvalue weighted by Gasteiger charge is -2.24. The Morgan fingerprint density at radius 1 is 0.917 bits per heavy atom.